The minimum absolute atomic E-state index is 0.0145. The third-order valence-corrected chi connectivity index (χ3v) is 3.81. The molecule has 3 N–H and O–H groups in total. The van der Waals surface area contributed by atoms with Gasteiger partial charge in [-0.25, -0.2) is 13.8 Å². The molecule has 2 aromatic carbocycles. The van der Waals surface area contributed by atoms with Gasteiger partial charge in [-0.2, -0.15) is 5.06 Å². The first-order valence-electron chi connectivity index (χ1n) is 7.69. The quantitative estimate of drug-likeness (QED) is 0.677. The van der Waals surface area contributed by atoms with Crippen molar-refractivity contribution in [2.45, 2.75) is 0 Å². The van der Waals surface area contributed by atoms with Crippen molar-refractivity contribution in [2.24, 2.45) is 7.05 Å². The summed E-state index contributed by atoms with van der Waals surface area (Å²) >= 11 is 0. The number of aryl methyl sites for hydroxylation is 1. The summed E-state index contributed by atoms with van der Waals surface area (Å²) < 4.78 is 30.2. The highest BCUT2D eigenvalue weighted by atomic mass is 19.2. The van der Waals surface area contributed by atoms with Gasteiger partial charge in [0.05, 0.1) is 30.0 Å². The number of nitrogen functional groups attached to an aromatic ring is 1. The van der Waals surface area contributed by atoms with Crippen LogP contribution in [-0.4, -0.2) is 33.8 Å². The highest BCUT2D eigenvalue weighted by molar-refractivity contribution is 6.06. The number of anilines is 2. The molecule has 0 atom stereocenters. The van der Waals surface area contributed by atoms with Crippen LogP contribution in [0.1, 0.15) is 10.4 Å². The number of amides is 1. The first-order chi connectivity index (χ1) is 12.5. The third kappa shape index (κ3) is 2.98. The van der Waals surface area contributed by atoms with Gasteiger partial charge in [0.1, 0.15) is 5.52 Å². The molecular formula is C17H16F2N4O3. The number of fused-ring (bicyclic) bond motifs is 1. The first kappa shape index (κ1) is 17.8. The zero-order valence-electron chi connectivity index (χ0n) is 13.8. The molecule has 1 heterocycles. The lowest BCUT2D eigenvalue weighted by molar-refractivity contribution is 0.0524. The monoisotopic (exact) mass is 362 g/mol. The van der Waals surface area contributed by atoms with E-state index in [4.69, 9.17) is 15.7 Å². The molecule has 1 aromatic heterocycles. The van der Waals surface area contributed by atoms with Crippen LogP contribution in [0.25, 0.3) is 11.0 Å². The van der Waals surface area contributed by atoms with Crippen molar-refractivity contribution in [1.29, 1.82) is 0 Å². The van der Waals surface area contributed by atoms with Crippen LogP contribution < -0.4 is 10.8 Å². The number of carbonyl (C=O) groups is 1. The van der Waals surface area contributed by atoms with Crippen LogP contribution in [0.2, 0.25) is 0 Å². The normalized spacial score (nSPS) is 11.1. The Morgan fingerprint density at radius 1 is 1.31 bits per heavy atom. The van der Waals surface area contributed by atoms with E-state index in [1.807, 2.05) is 0 Å². The molecule has 9 heteroatoms. The number of aliphatic hydroxyl groups excluding tert-OH is 1. The summed E-state index contributed by atoms with van der Waals surface area (Å²) in [7, 11) is 1.52. The molecule has 1 amide bonds. The van der Waals surface area contributed by atoms with Gasteiger partial charge < -0.3 is 15.4 Å². The Bertz CT molecular complexity index is 960. The molecule has 0 saturated heterocycles. The Balaban J connectivity index is 2.12. The van der Waals surface area contributed by atoms with E-state index in [1.165, 1.54) is 11.6 Å². The molecule has 0 radical (unpaired) electrons. The van der Waals surface area contributed by atoms with E-state index in [0.29, 0.717) is 5.69 Å². The molecule has 0 saturated carbocycles. The van der Waals surface area contributed by atoms with Gasteiger partial charge in [0, 0.05) is 7.05 Å². The molecule has 3 aromatic rings. The van der Waals surface area contributed by atoms with Gasteiger partial charge in [0.15, 0.2) is 11.6 Å². The molecule has 0 aliphatic carbocycles. The second kappa shape index (κ2) is 7.06. The van der Waals surface area contributed by atoms with Gasteiger partial charge in [0.25, 0.3) is 5.91 Å². The van der Waals surface area contributed by atoms with E-state index < -0.39 is 23.1 Å². The Morgan fingerprint density at radius 2 is 2.00 bits per heavy atom. The van der Waals surface area contributed by atoms with Crippen LogP contribution in [0, 0.1) is 11.6 Å². The molecule has 0 spiro atoms. The van der Waals surface area contributed by atoms with Crippen LogP contribution in [0.5, 0.6) is 0 Å². The van der Waals surface area contributed by atoms with Gasteiger partial charge in [0.2, 0.25) is 5.95 Å². The van der Waals surface area contributed by atoms with Crippen LogP contribution in [0.4, 0.5) is 20.4 Å². The van der Waals surface area contributed by atoms with E-state index in [2.05, 4.69) is 4.98 Å². The van der Waals surface area contributed by atoms with Gasteiger partial charge in [-0.3, -0.25) is 9.63 Å². The SMILES string of the molecule is Cn1c(N)nc2c(F)c(F)c(C(=O)N(OCCO)c3ccccc3)cc21. The van der Waals surface area contributed by atoms with Crippen molar-refractivity contribution in [3.8, 4) is 0 Å². The average Bonchev–Trinajstić information content (AvgIpc) is 2.94. The molecular weight excluding hydrogens is 346 g/mol. The summed E-state index contributed by atoms with van der Waals surface area (Å²) in [6, 6.07) is 9.31. The zero-order chi connectivity index (χ0) is 18.8. The standard InChI is InChI=1S/C17H16F2N4O3/c1-22-12-9-11(13(18)14(19)15(12)21-17(22)20)16(25)23(26-8-7-24)10-5-3-2-4-6-10/h2-6,9,24H,7-8H2,1H3,(H2,20,21). The minimum atomic E-state index is -1.35. The Hall–Kier alpha value is -3.04. The number of rotatable bonds is 5. The third-order valence-electron chi connectivity index (χ3n) is 3.81. The van der Waals surface area contributed by atoms with Crippen molar-refractivity contribution in [2.75, 3.05) is 24.0 Å². The van der Waals surface area contributed by atoms with Gasteiger partial charge >= 0.3 is 0 Å². The van der Waals surface area contributed by atoms with Crippen molar-refractivity contribution in [3.63, 3.8) is 0 Å². The summed E-state index contributed by atoms with van der Waals surface area (Å²) in [6.07, 6.45) is 0. The Kier molecular flexibility index (Phi) is 4.83. The number of halogens is 2. The Labute approximate surface area is 147 Å². The van der Waals surface area contributed by atoms with E-state index in [0.717, 1.165) is 11.1 Å². The van der Waals surface area contributed by atoms with Gasteiger partial charge in [-0.05, 0) is 18.2 Å². The first-order valence-corrected chi connectivity index (χ1v) is 7.69. The van der Waals surface area contributed by atoms with Crippen LogP contribution >= 0.6 is 0 Å². The van der Waals surface area contributed by atoms with Gasteiger partial charge in [-0.1, -0.05) is 18.2 Å². The number of para-hydroxylation sites is 1. The molecule has 3 rings (SSSR count). The molecule has 0 fully saturated rings. The highest BCUT2D eigenvalue weighted by Crippen LogP contribution is 2.27. The number of hydroxylamine groups is 1. The molecule has 7 nitrogen and oxygen atoms in total. The number of nitrogens with two attached hydrogens (primary N) is 1. The summed E-state index contributed by atoms with van der Waals surface area (Å²) in [5, 5.41) is 9.78. The number of hydrogen-bond donors (Lipinski definition) is 2. The summed E-state index contributed by atoms with van der Waals surface area (Å²) in [5.41, 5.74) is 5.29. The number of nitrogens with zero attached hydrogens (tertiary/aromatic N) is 3. The zero-order valence-corrected chi connectivity index (χ0v) is 13.8. The van der Waals surface area contributed by atoms with E-state index >= 15 is 0 Å². The minimum Gasteiger partial charge on any atom is -0.394 e. The fraction of sp³-hybridized carbons (Fsp3) is 0.176. The molecule has 0 unspecified atom stereocenters. The predicted octanol–water partition coefficient (Wildman–Crippen LogP) is 2.00. The highest BCUT2D eigenvalue weighted by Gasteiger charge is 2.27. The molecule has 0 aliphatic heterocycles. The lowest BCUT2D eigenvalue weighted by Gasteiger charge is -2.22. The largest absolute Gasteiger partial charge is 0.394 e. The fourth-order valence-electron chi connectivity index (χ4n) is 2.49. The van der Waals surface area contributed by atoms with Crippen molar-refractivity contribution >= 4 is 28.6 Å². The number of hydrogen-bond acceptors (Lipinski definition) is 5. The maximum absolute atomic E-state index is 14.5. The number of carbonyl (C=O) groups excluding carboxylic acids is 1. The Morgan fingerprint density at radius 3 is 2.65 bits per heavy atom. The summed E-state index contributed by atoms with van der Waals surface area (Å²) in [6.45, 7) is -0.559. The van der Waals surface area contributed by atoms with Crippen LogP contribution in [-0.2, 0) is 11.9 Å². The predicted molar refractivity (Wildman–Crippen MR) is 91.3 cm³/mol. The topological polar surface area (TPSA) is 93.6 Å². The van der Waals surface area contributed by atoms with Crippen molar-refractivity contribution < 1.29 is 23.5 Å². The molecule has 0 aliphatic rings. The maximum atomic E-state index is 14.5. The number of aromatic nitrogens is 2. The summed E-state index contributed by atoms with van der Waals surface area (Å²) in [4.78, 5) is 21.8. The molecule has 136 valence electrons. The average molecular weight is 362 g/mol. The second-order valence-corrected chi connectivity index (χ2v) is 5.44. The van der Waals surface area contributed by atoms with Crippen molar-refractivity contribution in [3.05, 3.63) is 53.6 Å². The lowest BCUT2D eigenvalue weighted by atomic mass is 10.1. The van der Waals surface area contributed by atoms with E-state index in [-0.39, 0.29) is 30.2 Å². The van der Waals surface area contributed by atoms with E-state index in [1.54, 1.807) is 30.3 Å². The molecule has 0 bridgehead atoms. The lowest BCUT2D eigenvalue weighted by Crippen LogP contribution is -2.33. The summed E-state index contributed by atoms with van der Waals surface area (Å²) in [5.74, 6) is -3.57. The van der Waals surface area contributed by atoms with Crippen LogP contribution in [0.15, 0.2) is 36.4 Å². The second-order valence-electron chi connectivity index (χ2n) is 5.44. The maximum Gasteiger partial charge on any atom is 0.285 e. The van der Waals surface area contributed by atoms with Crippen molar-refractivity contribution in [1.82, 2.24) is 9.55 Å². The fourth-order valence-corrected chi connectivity index (χ4v) is 2.49. The van der Waals surface area contributed by atoms with E-state index in [9.17, 15) is 13.6 Å². The number of benzene rings is 2. The number of imidazole rings is 1. The van der Waals surface area contributed by atoms with Gasteiger partial charge in [-0.15, -0.1) is 0 Å². The molecule has 26 heavy (non-hydrogen) atoms. The number of aliphatic hydroxyl groups is 1. The smallest absolute Gasteiger partial charge is 0.285 e. The van der Waals surface area contributed by atoms with Crippen LogP contribution in [0.3, 0.4) is 0 Å².